The van der Waals surface area contributed by atoms with E-state index in [1.165, 1.54) is 22.5 Å². The van der Waals surface area contributed by atoms with Crippen LogP contribution in [-0.4, -0.2) is 19.8 Å². The summed E-state index contributed by atoms with van der Waals surface area (Å²) in [5, 5.41) is 2.29. The van der Waals surface area contributed by atoms with Gasteiger partial charge in [0.05, 0.1) is 12.4 Å². The number of anilines is 2. The van der Waals surface area contributed by atoms with Gasteiger partial charge in [-0.2, -0.15) is 0 Å². The third-order valence-corrected chi connectivity index (χ3v) is 4.32. The Labute approximate surface area is 119 Å². The zero-order valence-corrected chi connectivity index (χ0v) is 11.5. The van der Waals surface area contributed by atoms with Crippen LogP contribution in [0.2, 0.25) is 0 Å². The Balaban J connectivity index is 1.45. The lowest BCUT2D eigenvalue weighted by molar-refractivity contribution is 0.623. The molecule has 0 aliphatic carbocycles. The Morgan fingerprint density at radius 1 is 0.800 bits per heavy atom. The molecular formula is C17H19N3. The summed E-state index contributed by atoms with van der Waals surface area (Å²) in [6.07, 6.45) is 2.30. The molecule has 102 valence electrons. The van der Waals surface area contributed by atoms with Crippen LogP contribution in [0.4, 0.5) is 11.4 Å². The first kappa shape index (κ1) is 11.8. The molecule has 0 atom stereocenters. The third kappa shape index (κ3) is 1.95. The van der Waals surface area contributed by atoms with Crippen molar-refractivity contribution in [3.05, 3.63) is 59.7 Å². The summed E-state index contributed by atoms with van der Waals surface area (Å²) in [5.74, 6) is 0. The van der Waals surface area contributed by atoms with E-state index in [1.807, 2.05) is 0 Å². The molecule has 0 bridgehead atoms. The van der Waals surface area contributed by atoms with Crippen LogP contribution in [0.5, 0.6) is 0 Å². The first-order valence-electron chi connectivity index (χ1n) is 7.33. The highest BCUT2D eigenvalue weighted by atomic mass is 15.5. The molecular weight excluding hydrogens is 246 g/mol. The number of hydrogen-bond donors (Lipinski definition) is 1. The van der Waals surface area contributed by atoms with Gasteiger partial charge < -0.3 is 9.91 Å². The fraction of sp³-hybridized carbons (Fsp3) is 0.294. The average Bonchev–Trinajstić information content (AvgIpc) is 3.09. The normalized spacial score (nSPS) is 16.4. The van der Waals surface area contributed by atoms with Gasteiger partial charge in [-0.15, -0.1) is 0 Å². The summed E-state index contributed by atoms with van der Waals surface area (Å²) in [5.41, 5.74) is 9.21. The Morgan fingerprint density at radius 3 is 2.30 bits per heavy atom. The summed E-state index contributed by atoms with van der Waals surface area (Å²) < 4.78 is 0. The number of para-hydroxylation sites is 2. The van der Waals surface area contributed by atoms with Crippen molar-refractivity contribution in [1.29, 1.82) is 0 Å². The Bertz CT molecular complexity index is 568. The van der Waals surface area contributed by atoms with E-state index in [0.29, 0.717) is 0 Å². The van der Waals surface area contributed by atoms with Crippen molar-refractivity contribution in [3.63, 3.8) is 0 Å². The Kier molecular flexibility index (Phi) is 2.85. The number of rotatable bonds is 3. The van der Waals surface area contributed by atoms with Gasteiger partial charge in [-0.05, 0) is 36.1 Å². The quantitative estimate of drug-likeness (QED) is 0.920. The van der Waals surface area contributed by atoms with Gasteiger partial charge in [0.2, 0.25) is 0 Å². The minimum absolute atomic E-state index is 0.880. The van der Waals surface area contributed by atoms with Gasteiger partial charge in [-0.3, -0.25) is 0 Å². The van der Waals surface area contributed by atoms with Gasteiger partial charge in [-0.1, -0.05) is 36.4 Å². The van der Waals surface area contributed by atoms with E-state index >= 15 is 0 Å². The summed E-state index contributed by atoms with van der Waals surface area (Å²) in [6, 6.07) is 17.4. The molecule has 3 heteroatoms. The molecule has 0 saturated carbocycles. The Hall–Kier alpha value is -2.00. The van der Waals surface area contributed by atoms with E-state index in [4.69, 9.17) is 0 Å². The maximum atomic E-state index is 3.58. The van der Waals surface area contributed by atoms with Crippen LogP contribution >= 0.6 is 0 Å². The molecule has 3 nitrogen and oxygen atoms in total. The second-order valence-electron chi connectivity index (χ2n) is 5.49. The van der Waals surface area contributed by atoms with Crippen molar-refractivity contribution in [2.75, 3.05) is 29.7 Å². The highest BCUT2D eigenvalue weighted by Crippen LogP contribution is 2.28. The van der Waals surface area contributed by atoms with Crippen LogP contribution in [0.25, 0.3) is 0 Å². The first-order chi connectivity index (χ1) is 9.92. The molecule has 0 aromatic heterocycles. The van der Waals surface area contributed by atoms with Crippen molar-refractivity contribution in [2.24, 2.45) is 0 Å². The molecule has 2 aliphatic rings. The summed E-state index contributed by atoms with van der Waals surface area (Å²) in [7, 11) is 0. The fourth-order valence-electron chi connectivity index (χ4n) is 3.24. The van der Waals surface area contributed by atoms with Gasteiger partial charge in [0, 0.05) is 18.8 Å². The van der Waals surface area contributed by atoms with E-state index in [-0.39, 0.29) is 0 Å². The predicted molar refractivity (Wildman–Crippen MR) is 83.0 cm³/mol. The molecule has 0 spiro atoms. The second kappa shape index (κ2) is 4.84. The van der Waals surface area contributed by atoms with E-state index in [0.717, 1.165) is 32.6 Å². The molecule has 0 fully saturated rings. The minimum atomic E-state index is 0.880. The average molecular weight is 265 g/mol. The van der Waals surface area contributed by atoms with E-state index in [1.54, 1.807) is 0 Å². The van der Waals surface area contributed by atoms with Gasteiger partial charge >= 0.3 is 0 Å². The van der Waals surface area contributed by atoms with Crippen molar-refractivity contribution in [1.82, 2.24) is 5.43 Å². The minimum Gasteiger partial charge on any atom is -0.357 e. The monoisotopic (exact) mass is 265 g/mol. The molecule has 4 rings (SSSR count). The van der Waals surface area contributed by atoms with Crippen LogP contribution in [-0.2, 0) is 12.8 Å². The number of hydrogen-bond acceptors (Lipinski definition) is 3. The SMILES string of the molecule is c1ccc2c(c1)CCN2CNN1CCc2ccccc21. The van der Waals surface area contributed by atoms with Crippen LogP contribution in [0.1, 0.15) is 11.1 Å². The van der Waals surface area contributed by atoms with E-state index < -0.39 is 0 Å². The molecule has 2 heterocycles. The molecule has 0 saturated heterocycles. The van der Waals surface area contributed by atoms with E-state index in [9.17, 15) is 0 Å². The lowest BCUT2D eigenvalue weighted by Gasteiger charge is -2.26. The lowest BCUT2D eigenvalue weighted by Crippen LogP contribution is -2.44. The summed E-state index contributed by atoms with van der Waals surface area (Å²) in [4.78, 5) is 2.43. The maximum absolute atomic E-state index is 3.58. The van der Waals surface area contributed by atoms with Gasteiger partial charge in [0.1, 0.15) is 0 Å². The highest BCUT2D eigenvalue weighted by Gasteiger charge is 2.21. The van der Waals surface area contributed by atoms with Crippen LogP contribution in [0.3, 0.4) is 0 Å². The van der Waals surface area contributed by atoms with Crippen molar-refractivity contribution in [2.45, 2.75) is 12.8 Å². The molecule has 20 heavy (non-hydrogen) atoms. The first-order valence-corrected chi connectivity index (χ1v) is 7.33. The summed E-state index contributed by atoms with van der Waals surface area (Å²) in [6.45, 7) is 3.06. The summed E-state index contributed by atoms with van der Waals surface area (Å²) >= 11 is 0. The van der Waals surface area contributed by atoms with Crippen molar-refractivity contribution >= 4 is 11.4 Å². The van der Waals surface area contributed by atoms with Crippen LogP contribution in [0, 0.1) is 0 Å². The van der Waals surface area contributed by atoms with Gasteiger partial charge in [0.25, 0.3) is 0 Å². The number of fused-ring (bicyclic) bond motifs is 2. The largest absolute Gasteiger partial charge is 0.357 e. The molecule has 2 aromatic carbocycles. The van der Waals surface area contributed by atoms with Crippen LogP contribution in [0.15, 0.2) is 48.5 Å². The molecule has 0 unspecified atom stereocenters. The number of benzene rings is 2. The molecule has 0 amide bonds. The molecule has 2 aliphatic heterocycles. The Morgan fingerprint density at radius 2 is 1.45 bits per heavy atom. The van der Waals surface area contributed by atoms with E-state index in [2.05, 4.69) is 63.9 Å². The molecule has 1 N–H and O–H groups in total. The number of nitrogens with one attached hydrogen (secondary N) is 1. The lowest BCUT2D eigenvalue weighted by atomic mass is 10.2. The van der Waals surface area contributed by atoms with Crippen molar-refractivity contribution in [3.8, 4) is 0 Å². The predicted octanol–water partition coefficient (Wildman–Crippen LogP) is 2.57. The zero-order valence-electron chi connectivity index (χ0n) is 11.5. The second-order valence-corrected chi connectivity index (χ2v) is 5.49. The number of hydrazine groups is 1. The molecule has 0 radical (unpaired) electrons. The zero-order chi connectivity index (χ0) is 13.4. The maximum Gasteiger partial charge on any atom is 0.0857 e. The third-order valence-electron chi connectivity index (χ3n) is 4.32. The fourth-order valence-corrected chi connectivity index (χ4v) is 3.24. The van der Waals surface area contributed by atoms with Gasteiger partial charge in [-0.25, -0.2) is 5.43 Å². The topological polar surface area (TPSA) is 18.5 Å². The highest BCUT2D eigenvalue weighted by molar-refractivity contribution is 5.59. The van der Waals surface area contributed by atoms with Crippen molar-refractivity contribution < 1.29 is 0 Å². The smallest absolute Gasteiger partial charge is 0.0857 e. The van der Waals surface area contributed by atoms with Gasteiger partial charge in [0.15, 0.2) is 0 Å². The standard InChI is InChI=1S/C17H19N3/c1-3-7-16-14(5-1)9-11-19(16)13-18-20-12-10-15-6-2-4-8-17(15)20/h1-8,18H,9-13H2. The number of nitrogens with zero attached hydrogens (tertiary/aromatic N) is 2. The van der Waals surface area contributed by atoms with Crippen LogP contribution < -0.4 is 15.3 Å². The molecule has 2 aromatic rings.